The zero-order valence-corrected chi connectivity index (χ0v) is 16.1. The summed E-state index contributed by atoms with van der Waals surface area (Å²) in [5.74, 6) is 0.127. The number of fused-ring (bicyclic) bond motifs is 1. The van der Waals surface area contributed by atoms with Gasteiger partial charge in [-0.1, -0.05) is 28.1 Å². The molecule has 134 valence electrons. The van der Waals surface area contributed by atoms with Crippen LogP contribution in [-0.2, 0) is 7.05 Å². The number of benzene rings is 1. The van der Waals surface area contributed by atoms with Crippen LogP contribution >= 0.6 is 15.9 Å². The van der Waals surface area contributed by atoms with Gasteiger partial charge in [0, 0.05) is 23.1 Å². The van der Waals surface area contributed by atoms with E-state index in [2.05, 4.69) is 31.3 Å². The molecule has 0 spiro atoms. The van der Waals surface area contributed by atoms with E-state index in [9.17, 15) is 9.59 Å². The predicted molar refractivity (Wildman–Crippen MR) is 103 cm³/mol. The van der Waals surface area contributed by atoms with Crippen molar-refractivity contribution in [2.24, 2.45) is 7.05 Å². The molecule has 1 aliphatic rings. The second-order valence-electron chi connectivity index (χ2n) is 6.82. The number of aromatic nitrogens is 3. The number of rotatable bonds is 4. The number of pyridine rings is 1. The van der Waals surface area contributed by atoms with Crippen LogP contribution in [0, 0.1) is 0 Å². The molecule has 26 heavy (non-hydrogen) atoms. The normalized spacial score (nSPS) is 15.2. The van der Waals surface area contributed by atoms with Crippen LogP contribution in [0.25, 0.3) is 11.0 Å². The van der Waals surface area contributed by atoms with Gasteiger partial charge in [-0.3, -0.25) is 19.4 Å². The lowest BCUT2D eigenvalue weighted by molar-refractivity contribution is 0.0941. The fourth-order valence-corrected chi connectivity index (χ4v) is 3.60. The summed E-state index contributed by atoms with van der Waals surface area (Å²) in [6.45, 7) is 1.93. The molecule has 1 aliphatic carbocycles. The van der Waals surface area contributed by atoms with Gasteiger partial charge >= 0.3 is 0 Å². The van der Waals surface area contributed by atoms with E-state index in [4.69, 9.17) is 0 Å². The molecule has 0 bridgehead atoms. The number of H-pyrrole nitrogens is 1. The lowest BCUT2D eigenvalue weighted by Gasteiger charge is -2.15. The van der Waals surface area contributed by atoms with E-state index in [0.717, 1.165) is 28.6 Å². The first-order valence-corrected chi connectivity index (χ1v) is 9.39. The average molecular weight is 415 g/mol. The number of amides is 1. The van der Waals surface area contributed by atoms with Crippen LogP contribution in [0.3, 0.4) is 0 Å². The number of halogens is 1. The number of hydrogen-bond donors (Lipinski definition) is 2. The summed E-state index contributed by atoms with van der Waals surface area (Å²) in [5, 5.41) is 6.05. The molecular weight excluding hydrogens is 396 g/mol. The molecule has 0 aliphatic heterocycles. The molecule has 3 aromatic rings. The summed E-state index contributed by atoms with van der Waals surface area (Å²) in [5.41, 5.74) is 2.49. The van der Waals surface area contributed by atoms with Crippen molar-refractivity contribution < 1.29 is 4.79 Å². The molecule has 0 radical (unpaired) electrons. The van der Waals surface area contributed by atoms with Crippen LogP contribution in [0.4, 0.5) is 0 Å². The molecule has 2 heterocycles. The van der Waals surface area contributed by atoms with Crippen molar-refractivity contribution in [3.63, 3.8) is 0 Å². The first-order chi connectivity index (χ1) is 12.4. The van der Waals surface area contributed by atoms with Gasteiger partial charge in [-0.05, 0) is 43.5 Å². The number of carbonyl (C=O) groups is 1. The van der Waals surface area contributed by atoms with Crippen LogP contribution in [0.1, 0.15) is 53.3 Å². The SMILES string of the molecule is CC(NC(=O)c1cc(C2CC2)nc2c1c(=O)[nH]n2C)c1cccc(Br)c1. The van der Waals surface area contributed by atoms with Gasteiger partial charge in [-0.2, -0.15) is 0 Å². The number of hydrogen-bond acceptors (Lipinski definition) is 3. The Labute approximate surface area is 158 Å². The standard InChI is InChI=1S/C19H19BrN4O2/c1-10(12-4-3-5-13(20)8-12)21-18(25)14-9-15(11-6-7-11)22-17-16(14)19(26)23-24(17)2/h3-5,8-11H,6-7H2,1-2H3,(H,21,25)(H,23,26). The molecule has 2 N–H and O–H groups in total. The molecule has 4 rings (SSSR count). The summed E-state index contributed by atoms with van der Waals surface area (Å²) in [6.07, 6.45) is 2.15. The van der Waals surface area contributed by atoms with Crippen molar-refractivity contribution >= 4 is 32.9 Å². The Morgan fingerprint density at radius 1 is 1.38 bits per heavy atom. The van der Waals surface area contributed by atoms with E-state index < -0.39 is 0 Å². The summed E-state index contributed by atoms with van der Waals surface area (Å²) < 4.78 is 2.54. The van der Waals surface area contributed by atoms with Crippen molar-refractivity contribution in [1.29, 1.82) is 0 Å². The fraction of sp³-hybridized carbons (Fsp3) is 0.316. The lowest BCUT2D eigenvalue weighted by atomic mass is 10.1. The number of aromatic amines is 1. The van der Waals surface area contributed by atoms with Crippen LogP contribution in [0.5, 0.6) is 0 Å². The van der Waals surface area contributed by atoms with Crippen LogP contribution in [-0.4, -0.2) is 20.7 Å². The third-order valence-electron chi connectivity index (χ3n) is 4.77. The largest absolute Gasteiger partial charge is 0.345 e. The molecule has 1 amide bonds. The summed E-state index contributed by atoms with van der Waals surface area (Å²) in [6, 6.07) is 9.39. The molecule has 1 unspecified atom stereocenters. The number of carbonyl (C=O) groups excluding carboxylic acids is 1. The van der Waals surface area contributed by atoms with E-state index in [0.29, 0.717) is 22.5 Å². The second-order valence-corrected chi connectivity index (χ2v) is 7.73. The molecule has 6 nitrogen and oxygen atoms in total. The van der Waals surface area contributed by atoms with E-state index >= 15 is 0 Å². The highest BCUT2D eigenvalue weighted by Crippen LogP contribution is 2.40. The number of nitrogens with one attached hydrogen (secondary N) is 2. The maximum Gasteiger partial charge on any atom is 0.274 e. The third-order valence-corrected chi connectivity index (χ3v) is 5.26. The minimum absolute atomic E-state index is 0.185. The maximum absolute atomic E-state index is 13.0. The zero-order valence-electron chi connectivity index (χ0n) is 14.5. The lowest BCUT2D eigenvalue weighted by Crippen LogP contribution is -2.27. The zero-order chi connectivity index (χ0) is 18.4. The molecule has 7 heteroatoms. The monoisotopic (exact) mass is 414 g/mol. The highest BCUT2D eigenvalue weighted by atomic mass is 79.9. The summed E-state index contributed by atoms with van der Waals surface area (Å²) in [7, 11) is 1.74. The van der Waals surface area contributed by atoms with Crippen molar-refractivity contribution in [1.82, 2.24) is 20.1 Å². The van der Waals surface area contributed by atoms with Crippen LogP contribution in [0.15, 0.2) is 39.6 Å². The third kappa shape index (κ3) is 3.07. The first kappa shape index (κ1) is 17.0. The second kappa shape index (κ2) is 6.39. The van der Waals surface area contributed by atoms with Gasteiger partial charge in [-0.25, -0.2) is 4.98 Å². The predicted octanol–water partition coefficient (Wildman–Crippen LogP) is 3.39. The Morgan fingerprint density at radius 3 is 2.85 bits per heavy atom. The molecule has 0 saturated heterocycles. The highest BCUT2D eigenvalue weighted by Gasteiger charge is 2.28. The first-order valence-electron chi connectivity index (χ1n) is 8.60. The van der Waals surface area contributed by atoms with Gasteiger partial charge in [0.15, 0.2) is 5.65 Å². The molecule has 1 atom stereocenters. The van der Waals surface area contributed by atoms with Gasteiger partial charge in [0.2, 0.25) is 0 Å². The Balaban J connectivity index is 1.73. The van der Waals surface area contributed by atoms with Gasteiger partial charge in [0.1, 0.15) is 0 Å². The van der Waals surface area contributed by atoms with E-state index in [-0.39, 0.29) is 17.5 Å². The summed E-state index contributed by atoms with van der Waals surface area (Å²) in [4.78, 5) is 29.9. The quantitative estimate of drug-likeness (QED) is 0.686. The van der Waals surface area contributed by atoms with Crippen molar-refractivity contribution in [2.45, 2.75) is 31.7 Å². The smallest absolute Gasteiger partial charge is 0.274 e. The summed E-state index contributed by atoms with van der Waals surface area (Å²) >= 11 is 3.45. The Kier molecular flexibility index (Phi) is 4.19. The van der Waals surface area contributed by atoms with Crippen LogP contribution in [0.2, 0.25) is 0 Å². The van der Waals surface area contributed by atoms with E-state index in [1.807, 2.05) is 31.2 Å². The highest BCUT2D eigenvalue weighted by molar-refractivity contribution is 9.10. The Bertz CT molecular complexity index is 1070. The number of aryl methyl sites for hydroxylation is 1. The van der Waals surface area contributed by atoms with Crippen LogP contribution < -0.4 is 10.9 Å². The molecular formula is C19H19BrN4O2. The van der Waals surface area contributed by atoms with Crippen molar-refractivity contribution in [3.05, 3.63) is 62.0 Å². The van der Waals surface area contributed by atoms with Gasteiger partial charge < -0.3 is 5.32 Å². The van der Waals surface area contributed by atoms with Gasteiger partial charge in [0.05, 0.1) is 17.0 Å². The minimum Gasteiger partial charge on any atom is -0.345 e. The average Bonchev–Trinajstić information content (AvgIpc) is 3.41. The molecule has 1 saturated carbocycles. The molecule has 1 fully saturated rings. The van der Waals surface area contributed by atoms with E-state index in [1.54, 1.807) is 17.8 Å². The minimum atomic E-state index is -0.294. The fourth-order valence-electron chi connectivity index (χ4n) is 3.18. The Hall–Kier alpha value is -2.41. The number of nitrogens with zero attached hydrogens (tertiary/aromatic N) is 2. The molecule has 1 aromatic carbocycles. The van der Waals surface area contributed by atoms with E-state index in [1.165, 1.54) is 0 Å². The molecule has 2 aromatic heterocycles. The van der Waals surface area contributed by atoms with Crippen molar-refractivity contribution in [2.75, 3.05) is 0 Å². The maximum atomic E-state index is 13.0. The van der Waals surface area contributed by atoms with Crippen molar-refractivity contribution in [3.8, 4) is 0 Å². The van der Waals surface area contributed by atoms with Gasteiger partial charge in [-0.15, -0.1) is 0 Å². The Morgan fingerprint density at radius 2 is 2.15 bits per heavy atom. The van der Waals surface area contributed by atoms with Gasteiger partial charge in [0.25, 0.3) is 11.5 Å². The topological polar surface area (TPSA) is 79.8 Å².